The van der Waals surface area contributed by atoms with Gasteiger partial charge in [-0.3, -0.25) is 13.6 Å². The molecule has 0 unspecified atom stereocenters. The van der Waals surface area contributed by atoms with E-state index < -0.39 is 0 Å². The van der Waals surface area contributed by atoms with Crippen LogP contribution in [-0.4, -0.2) is 23.1 Å². The molecule has 0 saturated carbocycles. The van der Waals surface area contributed by atoms with Crippen molar-refractivity contribution >= 4 is 13.6 Å². The first-order valence-corrected chi connectivity index (χ1v) is 5.47. The molecule has 1 aromatic carbocycles. The van der Waals surface area contributed by atoms with Gasteiger partial charge in [-0.15, -0.1) is 0 Å². The summed E-state index contributed by atoms with van der Waals surface area (Å²) in [5, 5.41) is 0. The van der Waals surface area contributed by atoms with Gasteiger partial charge in [-0.25, -0.2) is 4.98 Å². The fourth-order valence-electron chi connectivity index (χ4n) is 1.01. The number of hydrogen-bond acceptors (Lipinski definition) is 3. The van der Waals surface area contributed by atoms with E-state index in [9.17, 15) is 0 Å². The third-order valence-corrected chi connectivity index (χ3v) is 1.56. The summed E-state index contributed by atoms with van der Waals surface area (Å²) in [4.78, 5) is 19.5. The largest absolute Gasteiger partial charge is 3.00 e. The normalized spacial score (nSPS) is 7.60. The molecule has 1 aromatic heterocycles. The zero-order valence-electron chi connectivity index (χ0n) is 11.8. The van der Waals surface area contributed by atoms with Gasteiger partial charge >= 0.3 is 19.5 Å². The number of aromatic nitrogens is 2. The van der Waals surface area contributed by atoms with Crippen LogP contribution in [0.25, 0.3) is 5.69 Å². The third kappa shape index (κ3) is 12.8. The first-order chi connectivity index (χ1) is 9.20. The molecule has 20 heavy (non-hydrogen) atoms. The second kappa shape index (κ2) is 17.4. The van der Waals surface area contributed by atoms with Gasteiger partial charge in [-0.2, -0.15) is 20.8 Å². The molecule has 0 spiro atoms. The van der Waals surface area contributed by atoms with Crippen molar-refractivity contribution in [1.29, 1.82) is 0 Å². The Morgan fingerprint density at radius 3 is 1.80 bits per heavy atom. The van der Waals surface area contributed by atoms with Gasteiger partial charge < -0.3 is 20.1 Å². The summed E-state index contributed by atoms with van der Waals surface area (Å²) in [7, 11) is 0. The van der Waals surface area contributed by atoms with E-state index in [2.05, 4.69) is 39.3 Å². The number of carbonyl (C=O) groups excluding carboxylic acids is 2. The van der Waals surface area contributed by atoms with Crippen LogP contribution in [0.3, 0.4) is 0 Å². The molecule has 0 bridgehead atoms. The summed E-state index contributed by atoms with van der Waals surface area (Å²) >= 11 is 0. The van der Waals surface area contributed by atoms with Crippen molar-refractivity contribution in [3.05, 3.63) is 55.0 Å². The molecule has 2 rings (SSSR count). The molecule has 0 N–H and O–H groups in total. The quantitative estimate of drug-likeness (QED) is 0.446. The topological polar surface area (TPSA) is 52.0 Å². The van der Waals surface area contributed by atoms with E-state index in [0.29, 0.717) is 0 Å². The van der Waals surface area contributed by atoms with Crippen LogP contribution in [0.15, 0.2) is 49.1 Å². The number of para-hydroxylation sites is 1. The smallest absolute Gasteiger partial charge is 0.545 e. The van der Waals surface area contributed by atoms with Crippen molar-refractivity contribution in [1.82, 2.24) is 9.55 Å². The summed E-state index contributed by atoms with van der Waals surface area (Å²) in [5.41, 5.74) is 1.14. The van der Waals surface area contributed by atoms with Crippen LogP contribution in [0.2, 0.25) is 0 Å². The van der Waals surface area contributed by atoms with E-state index >= 15 is 0 Å². The van der Waals surface area contributed by atoms with E-state index in [1.54, 1.807) is 12.5 Å². The average molecular weight is 360 g/mol. The van der Waals surface area contributed by atoms with Gasteiger partial charge in [0.05, 0.1) is 6.33 Å². The molecule has 109 valence electrons. The predicted molar refractivity (Wildman–Crippen MR) is 77.3 cm³/mol. The summed E-state index contributed by atoms with van der Waals surface area (Å²) in [6, 6.07) is 10.1. The second-order valence-electron chi connectivity index (χ2n) is 3.81. The summed E-state index contributed by atoms with van der Waals surface area (Å²) in [6.45, 7) is 12.8. The number of rotatable bonds is 1. The number of benzene rings is 1. The van der Waals surface area contributed by atoms with Crippen LogP contribution in [0, 0.1) is 5.92 Å². The summed E-state index contributed by atoms with van der Waals surface area (Å²) in [6.07, 6.45) is 5.48. The van der Waals surface area contributed by atoms with Crippen LogP contribution in [0.1, 0.15) is 20.8 Å². The maximum absolute atomic E-state index is 7.75. The van der Waals surface area contributed by atoms with Crippen LogP contribution in [0.4, 0.5) is 0 Å². The molecule has 0 aliphatic heterocycles. The molecule has 5 heteroatoms. The van der Waals surface area contributed by atoms with Gasteiger partial charge in [0, 0.05) is 18.1 Å². The van der Waals surface area contributed by atoms with E-state index in [1.165, 1.54) is 5.92 Å². The molecule has 1 radical (unpaired) electrons. The molecule has 0 fully saturated rings. The Balaban J connectivity index is -0.000000277. The van der Waals surface area contributed by atoms with Crippen molar-refractivity contribution in [2.24, 2.45) is 0 Å². The van der Waals surface area contributed by atoms with E-state index in [0.717, 1.165) is 5.69 Å². The van der Waals surface area contributed by atoms with Crippen LogP contribution >= 0.6 is 0 Å². The monoisotopic (exact) mass is 361 g/mol. The Morgan fingerprint density at radius 2 is 1.45 bits per heavy atom. The first kappa shape index (κ1) is 23.5. The molecule has 0 amide bonds. The van der Waals surface area contributed by atoms with Gasteiger partial charge in [0.25, 0.3) is 0 Å². The minimum atomic E-state index is 0. The van der Waals surface area contributed by atoms with Crippen LogP contribution in [0.5, 0.6) is 0 Å². The van der Waals surface area contributed by atoms with Gasteiger partial charge in [0.1, 0.15) is 0 Å². The summed E-state index contributed by atoms with van der Waals surface area (Å²) in [5.74, 6) is 1.42. The Bertz CT molecular complexity index is 387. The SMILES string of the molecule is C[C-](C)C.[CH-]=O.[CH-]=O.[Ru+3].c1ccc(-n2ccnc2)cc1. The Hall–Kier alpha value is -1.61. The summed E-state index contributed by atoms with van der Waals surface area (Å²) < 4.78 is 1.97. The van der Waals surface area contributed by atoms with Gasteiger partial charge in [-0.05, 0) is 12.1 Å². The molecule has 4 nitrogen and oxygen atoms in total. The van der Waals surface area contributed by atoms with E-state index in [4.69, 9.17) is 9.59 Å². The van der Waals surface area contributed by atoms with E-state index in [-0.39, 0.29) is 19.5 Å². The molecule has 0 atom stereocenters. The Morgan fingerprint density at radius 1 is 1.00 bits per heavy atom. The van der Waals surface area contributed by atoms with Crippen molar-refractivity contribution in [3.8, 4) is 5.69 Å². The zero-order chi connectivity index (χ0) is 15.1. The Kier molecular flexibility index (Phi) is 20.4. The molecule has 0 saturated heterocycles. The standard InChI is InChI=1S/C9H8N2.C4H9.2CHO.Ru/c1-2-4-9(5-3-1)11-7-6-10-8-11;1-4(2)3;2*1-2;/h1-8H;1-3H3;2*1H;/q;3*-1;+3. The Labute approximate surface area is 134 Å². The van der Waals surface area contributed by atoms with Crippen molar-refractivity contribution in [3.63, 3.8) is 0 Å². The van der Waals surface area contributed by atoms with Crippen molar-refractivity contribution in [2.45, 2.75) is 20.8 Å². The van der Waals surface area contributed by atoms with Gasteiger partial charge in [0.15, 0.2) is 0 Å². The predicted octanol–water partition coefficient (Wildman–Crippen LogP) is 2.94. The minimum absolute atomic E-state index is 0. The van der Waals surface area contributed by atoms with Gasteiger partial charge in [-0.1, -0.05) is 18.2 Å². The number of hydrogen-bond donors (Lipinski definition) is 0. The fraction of sp³-hybridized carbons (Fsp3) is 0.200. The van der Waals surface area contributed by atoms with Gasteiger partial charge in [0.2, 0.25) is 0 Å². The molecule has 2 aromatic rings. The molecule has 0 aliphatic carbocycles. The second-order valence-corrected chi connectivity index (χ2v) is 3.81. The minimum Gasteiger partial charge on any atom is -0.545 e. The zero-order valence-corrected chi connectivity index (χ0v) is 13.6. The average Bonchev–Trinajstić information content (AvgIpc) is 2.98. The van der Waals surface area contributed by atoms with E-state index in [1.807, 2.05) is 41.1 Å². The maximum Gasteiger partial charge on any atom is 3.00 e. The van der Waals surface area contributed by atoms with Crippen LogP contribution in [-0.2, 0) is 29.1 Å². The maximum atomic E-state index is 7.75. The molecular weight excluding hydrogens is 341 g/mol. The third-order valence-electron chi connectivity index (χ3n) is 1.56. The first-order valence-electron chi connectivity index (χ1n) is 5.47. The van der Waals surface area contributed by atoms with Crippen LogP contribution < -0.4 is 0 Å². The van der Waals surface area contributed by atoms with Crippen molar-refractivity contribution < 1.29 is 29.1 Å². The molecule has 1 heterocycles. The molecule has 0 aliphatic rings. The van der Waals surface area contributed by atoms with Crippen molar-refractivity contribution in [2.75, 3.05) is 0 Å². The molecular formula is C15H19N2O2Ru. The fourth-order valence-corrected chi connectivity index (χ4v) is 1.01. The number of imidazole rings is 1. The number of nitrogens with zero attached hydrogens (tertiary/aromatic N) is 2.